The molecule has 140 valence electrons. The Balaban J connectivity index is 1.79. The number of carbonyl (C=O) groups is 1. The highest BCUT2D eigenvalue weighted by Gasteiger charge is 2.38. The predicted octanol–water partition coefficient (Wildman–Crippen LogP) is 3.96. The summed E-state index contributed by atoms with van der Waals surface area (Å²) in [5.74, 6) is -1.18. The molecule has 2 N–H and O–H groups in total. The summed E-state index contributed by atoms with van der Waals surface area (Å²) in [5.41, 5.74) is 1.66. The molecule has 0 saturated carbocycles. The third-order valence-corrected chi connectivity index (χ3v) is 3.44. The topological polar surface area (TPSA) is 92.9 Å². The lowest BCUT2D eigenvalue weighted by molar-refractivity contribution is -0.159. The largest absolute Gasteiger partial charge is 0.471 e. The summed E-state index contributed by atoms with van der Waals surface area (Å²) >= 11 is 0. The van der Waals surface area contributed by atoms with Crippen LogP contribution in [0.3, 0.4) is 0 Å². The van der Waals surface area contributed by atoms with Crippen LogP contribution >= 0.6 is 0 Å². The average Bonchev–Trinajstić information content (AvgIpc) is 3.13. The van der Waals surface area contributed by atoms with Crippen LogP contribution in [0.5, 0.6) is 0 Å². The Kier molecular flexibility index (Phi) is 5.06. The number of amides is 2. The maximum absolute atomic E-state index is 12.5. The summed E-state index contributed by atoms with van der Waals surface area (Å²) in [6, 6.07) is 11.2. The van der Waals surface area contributed by atoms with Crippen molar-refractivity contribution in [1.29, 1.82) is 0 Å². The Morgan fingerprint density at radius 3 is 2.41 bits per heavy atom. The van der Waals surface area contributed by atoms with Crippen molar-refractivity contribution in [2.75, 3.05) is 11.9 Å². The fourth-order valence-corrected chi connectivity index (χ4v) is 2.23. The fourth-order valence-electron chi connectivity index (χ4n) is 2.23. The maximum Gasteiger partial charge on any atom is 0.471 e. The lowest BCUT2D eigenvalue weighted by Gasteiger charge is -2.07. The molecular weight excluding hydrogens is 363 g/mol. The molecule has 2 amide bonds. The van der Waals surface area contributed by atoms with Gasteiger partial charge < -0.3 is 9.84 Å². The Morgan fingerprint density at radius 2 is 1.78 bits per heavy atom. The first-order valence-electron chi connectivity index (χ1n) is 7.90. The first kappa shape index (κ1) is 18.4. The van der Waals surface area contributed by atoms with Gasteiger partial charge in [0.2, 0.25) is 5.82 Å². The number of alkyl halides is 3. The van der Waals surface area contributed by atoms with E-state index in [2.05, 4.69) is 30.3 Å². The Labute approximate surface area is 151 Å². The summed E-state index contributed by atoms with van der Waals surface area (Å²) in [6.45, 7) is 2.28. The summed E-state index contributed by atoms with van der Waals surface area (Å²) in [6.07, 6.45) is -4.69. The molecule has 2 heterocycles. The summed E-state index contributed by atoms with van der Waals surface area (Å²) in [5, 5.41) is 8.55. The third kappa shape index (κ3) is 4.40. The molecule has 27 heavy (non-hydrogen) atoms. The minimum Gasteiger partial charge on any atom is -0.338 e. The third-order valence-electron chi connectivity index (χ3n) is 3.44. The molecule has 0 unspecified atom stereocenters. The van der Waals surface area contributed by atoms with Gasteiger partial charge in [0.1, 0.15) is 5.82 Å². The van der Waals surface area contributed by atoms with Crippen molar-refractivity contribution in [3.05, 3.63) is 48.4 Å². The number of nitrogens with one attached hydrogen (secondary N) is 2. The van der Waals surface area contributed by atoms with E-state index in [1.54, 1.807) is 49.4 Å². The molecule has 10 heteroatoms. The van der Waals surface area contributed by atoms with E-state index in [9.17, 15) is 18.0 Å². The molecule has 2 aromatic heterocycles. The van der Waals surface area contributed by atoms with Gasteiger partial charge in [0.25, 0.3) is 0 Å². The van der Waals surface area contributed by atoms with Gasteiger partial charge in [-0.25, -0.2) is 9.78 Å². The number of anilines is 1. The highest BCUT2D eigenvalue weighted by atomic mass is 19.4. The Bertz CT molecular complexity index is 938. The second-order valence-electron chi connectivity index (χ2n) is 5.39. The smallest absolute Gasteiger partial charge is 0.338 e. The molecule has 0 spiro atoms. The van der Waals surface area contributed by atoms with Gasteiger partial charge in [-0.1, -0.05) is 35.5 Å². The van der Waals surface area contributed by atoms with Crippen LogP contribution in [0.1, 0.15) is 12.8 Å². The van der Waals surface area contributed by atoms with E-state index >= 15 is 0 Å². The van der Waals surface area contributed by atoms with Crippen molar-refractivity contribution in [2.24, 2.45) is 0 Å². The van der Waals surface area contributed by atoms with E-state index in [0.717, 1.165) is 0 Å². The standard InChI is InChI=1S/C17H14F3N5O2/c1-2-21-16(26)23-13-5-3-4-12(22-13)10-6-8-11(9-7-10)14-24-15(27-25-14)17(18,19)20/h3-9H,2H2,1H3,(H2,21,22,23,26). The molecule has 3 aromatic rings. The summed E-state index contributed by atoms with van der Waals surface area (Å²) in [4.78, 5) is 19.2. The lowest BCUT2D eigenvalue weighted by Crippen LogP contribution is -2.28. The van der Waals surface area contributed by atoms with Crippen molar-refractivity contribution >= 4 is 11.8 Å². The minimum atomic E-state index is -4.69. The normalized spacial score (nSPS) is 11.3. The van der Waals surface area contributed by atoms with Gasteiger partial charge >= 0.3 is 18.1 Å². The van der Waals surface area contributed by atoms with Crippen molar-refractivity contribution in [3.8, 4) is 22.6 Å². The van der Waals surface area contributed by atoms with E-state index in [-0.39, 0.29) is 11.9 Å². The number of hydrogen-bond acceptors (Lipinski definition) is 5. The number of aromatic nitrogens is 3. The highest BCUT2D eigenvalue weighted by Crippen LogP contribution is 2.30. The number of halogens is 3. The molecule has 0 aliphatic rings. The predicted molar refractivity (Wildman–Crippen MR) is 90.7 cm³/mol. The molecule has 0 fully saturated rings. The summed E-state index contributed by atoms with van der Waals surface area (Å²) < 4.78 is 41.8. The van der Waals surface area contributed by atoms with Crippen LogP contribution in [0.4, 0.5) is 23.8 Å². The second kappa shape index (κ2) is 7.44. The number of pyridine rings is 1. The van der Waals surface area contributed by atoms with Crippen molar-refractivity contribution in [2.45, 2.75) is 13.1 Å². The first-order chi connectivity index (χ1) is 12.9. The van der Waals surface area contributed by atoms with E-state index in [1.807, 2.05) is 0 Å². The van der Waals surface area contributed by atoms with Crippen LogP contribution in [0, 0.1) is 0 Å². The van der Waals surface area contributed by atoms with Crippen molar-refractivity contribution in [1.82, 2.24) is 20.4 Å². The fraction of sp³-hybridized carbons (Fsp3) is 0.176. The van der Waals surface area contributed by atoms with Crippen LogP contribution in [0.15, 0.2) is 47.0 Å². The zero-order valence-electron chi connectivity index (χ0n) is 14.0. The van der Waals surface area contributed by atoms with E-state index in [4.69, 9.17) is 0 Å². The minimum absolute atomic E-state index is 0.159. The van der Waals surface area contributed by atoms with Gasteiger partial charge in [0.05, 0.1) is 5.69 Å². The highest BCUT2D eigenvalue weighted by molar-refractivity contribution is 5.88. The SMILES string of the molecule is CCNC(=O)Nc1cccc(-c2ccc(-c3noc(C(F)(F)F)n3)cc2)n1. The quantitative estimate of drug-likeness (QED) is 0.718. The van der Waals surface area contributed by atoms with Crippen LogP contribution in [0.25, 0.3) is 22.6 Å². The molecule has 0 atom stereocenters. The van der Waals surface area contributed by atoms with Crippen LogP contribution in [0.2, 0.25) is 0 Å². The first-order valence-corrected chi connectivity index (χ1v) is 7.90. The van der Waals surface area contributed by atoms with Crippen LogP contribution in [-0.4, -0.2) is 27.7 Å². The molecule has 0 aliphatic heterocycles. The second-order valence-corrected chi connectivity index (χ2v) is 5.39. The molecule has 1 aromatic carbocycles. The van der Waals surface area contributed by atoms with Gasteiger partial charge in [0, 0.05) is 17.7 Å². The zero-order chi connectivity index (χ0) is 19.4. The molecule has 0 radical (unpaired) electrons. The van der Waals surface area contributed by atoms with Crippen LogP contribution in [-0.2, 0) is 6.18 Å². The average molecular weight is 377 g/mol. The van der Waals surface area contributed by atoms with Gasteiger partial charge in [-0.3, -0.25) is 5.32 Å². The Hall–Kier alpha value is -3.43. The maximum atomic E-state index is 12.5. The number of hydrogen-bond donors (Lipinski definition) is 2. The molecular formula is C17H14F3N5O2. The number of benzene rings is 1. The van der Waals surface area contributed by atoms with E-state index in [1.165, 1.54) is 0 Å². The molecule has 7 nitrogen and oxygen atoms in total. The van der Waals surface area contributed by atoms with Crippen molar-refractivity contribution < 1.29 is 22.5 Å². The molecule has 0 aliphatic carbocycles. The number of rotatable bonds is 4. The van der Waals surface area contributed by atoms with Gasteiger partial charge in [-0.2, -0.15) is 18.2 Å². The van der Waals surface area contributed by atoms with Gasteiger partial charge in [-0.15, -0.1) is 0 Å². The molecule has 0 bridgehead atoms. The van der Waals surface area contributed by atoms with E-state index in [0.29, 0.717) is 29.2 Å². The summed E-state index contributed by atoms with van der Waals surface area (Å²) in [7, 11) is 0. The zero-order valence-corrected chi connectivity index (χ0v) is 14.0. The number of urea groups is 1. The number of carbonyl (C=O) groups excluding carboxylic acids is 1. The molecule has 3 rings (SSSR count). The van der Waals surface area contributed by atoms with Gasteiger partial charge in [-0.05, 0) is 19.1 Å². The van der Waals surface area contributed by atoms with Gasteiger partial charge in [0.15, 0.2) is 0 Å². The Morgan fingerprint density at radius 1 is 1.07 bits per heavy atom. The van der Waals surface area contributed by atoms with Crippen molar-refractivity contribution in [3.63, 3.8) is 0 Å². The van der Waals surface area contributed by atoms with Crippen LogP contribution < -0.4 is 10.6 Å². The van der Waals surface area contributed by atoms with E-state index < -0.39 is 12.1 Å². The number of nitrogens with zero attached hydrogens (tertiary/aromatic N) is 3. The monoisotopic (exact) mass is 377 g/mol. The molecule has 0 saturated heterocycles. The lowest BCUT2D eigenvalue weighted by atomic mass is 10.1.